The van der Waals surface area contributed by atoms with Crippen LogP contribution in [0.2, 0.25) is 0 Å². The van der Waals surface area contributed by atoms with Crippen LogP contribution in [0.4, 0.5) is 0 Å². The van der Waals surface area contributed by atoms with Gasteiger partial charge in [-0.25, -0.2) is 0 Å². The summed E-state index contributed by atoms with van der Waals surface area (Å²) in [5.41, 5.74) is 0.680. The van der Waals surface area contributed by atoms with Gasteiger partial charge in [0.25, 0.3) is 0 Å². The molecule has 1 aromatic carbocycles. The maximum Gasteiger partial charge on any atom is 0.240 e. The van der Waals surface area contributed by atoms with Gasteiger partial charge in [0.2, 0.25) is 12.7 Å². The normalized spacial score (nSPS) is 25.2. The molecule has 1 saturated heterocycles. The summed E-state index contributed by atoms with van der Waals surface area (Å²) in [7, 11) is 0. The van der Waals surface area contributed by atoms with Crippen molar-refractivity contribution in [3.05, 3.63) is 23.8 Å². The number of rotatable bonds is 3. The molecule has 5 nitrogen and oxygen atoms in total. The highest BCUT2D eigenvalue weighted by Gasteiger charge is 2.34. The zero-order valence-electron chi connectivity index (χ0n) is 11.0. The lowest BCUT2D eigenvalue weighted by molar-refractivity contribution is -0.128. The van der Waals surface area contributed by atoms with E-state index in [9.17, 15) is 4.79 Å². The van der Waals surface area contributed by atoms with E-state index in [1.807, 2.05) is 25.1 Å². The molecule has 1 aromatic rings. The van der Waals surface area contributed by atoms with Gasteiger partial charge in [0.1, 0.15) is 0 Å². The number of benzene rings is 1. The minimum Gasteiger partial charge on any atom is -0.454 e. The second kappa shape index (κ2) is 4.74. The fourth-order valence-electron chi connectivity index (χ4n) is 2.48. The van der Waals surface area contributed by atoms with Gasteiger partial charge in [-0.3, -0.25) is 4.79 Å². The number of hydrogen-bond acceptors (Lipinski definition) is 4. The molecule has 0 radical (unpaired) electrons. The Morgan fingerprint density at radius 3 is 2.95 bits per heavy atom. The summed E-state index contributed by atoms with van der Waals surface area (Å²) < 4.78 is 10.6. The minimum atomic E-state index is -0.478. The number of carbonyl (C=O) groups is 1. The largest absolute Gasteiger partial charge is 0.454 e. The Kier molecular flexibility index (Phi) is 3.06. The molecule has 2 aliphatic rings. The quantitative estimate of drug-likeness (QED) is 0.847. The predicted octanol–water partition coefficient (Wildman–Crippen LogP) is 0.826. The highest BCUT2D eigenvalue weighted by Crippen LogP contribution is 2.33. The monoisotopic (exact) mass is 262 g/mol. The van der Waals surface area contributed by atoms with E-state index in [0.717, 1.165) is 36.4 Å². The average molecular weight is 262 g/mol. The first-order valence-corrected chi connectivity index (χ1v) is 6.59. The van der Waals surface area contributed by atoms with Gasteiger partial charge < -0.3 is 20.1 Å². The third-order valence-electron chi connectivity index (χ3n) is 3.78. The lowest BCUT2D eigenvalue weighted by atomic mass is 9.91. The lowest BCUT2D eigenvalue weighted by Gasteiger charge is -2.34. The zero-order chi connectivity index (χ0) is 13.3. The summed E-state index contributed by atoms with van der Waals surface area (Å²) in [5, 5.41) is 6.20. The Bertz CT molecular complexity index is 503. The number of carbonyl (C=O) groups excluding carboxylic acids is 1. The van der Waals surface area contributed by atoms with Gasteiger partial charge in [-0.2, -0.15) is 0 Å². The number of hydrogen-bond donors (Lipinski definition) is 2. The van der Waals surface area contributed by atoms with Crippen molar-refractivity contribution < 1.29 is 14.3 Å². The maximum atomic E-state index is 11.9. The molecule has 3 rings (SSSR count). The van der Waals surface area contributed by atoms with Gasteiger partial charge in [0.05, 0.1) is 5.54 Å². The van der Waals surface area contributed by atoms with Gasteiger partial charge in [0, 0.05) is 13.1 Å². The molecule has 2 N–H and O–H groups in total. The van der Waals surface area contributed by atoms with Crippen LogP contribution in [0.1, 0.15) is 18.9 Å². The van der Waals surface area contributed by atoms with E-state index < -0.39 is 5.54 Å². The van der Waals surface area contributed by atoms with Crippen LogP contribution in [0.3, 0.4) is 0 Å². The maximum absolute atomic E-state index is 11.9. The van der Waals surface area contributed by atoms with E-state index in [1.165, 1.54) is 0 Å². The van der Waals surface area contributed by atoms with Crippen molar-refractivity contribution >= 4 is 5.91 Å². The second-order valence-electron chi connectivity index (χ2n) is 5.20. The molecule has 2 aliphatic heterocycles. The molecule has 19 heavy (non-hydrogen) atoms. The van der Waals surface area contributed by atoms with Crippen LogP contribution in [0, 0.1) is 0 Å². The minimum absolute atomic E-state index is 0.0829. The van der Waals surface area contributed by atoms with Crippen molar-refractivity contribution in [1.29, 1.82) is 0 Å². The third-order valence-corrected chi connectivity index (χ3v) is 3.78. The second-order valence-corrected chi connectivity index (χ2v) is 5.20. The summed E-state index contributed by atoms with van der Waals surface area (Å²) in [6, 6.07) is 5.94. The summed E-state index contributed by atoms with van der Waals surface area (Å²) in [4.78, 5) is 11.9. The van der Waals surface area contributed by atoms with Crippen molar-refractivity contribution in [2.24, 2.45) is 0 Å². The van der Waals surface area contributed by atoms with E-state index >= 15 is 0 Å². The van der Waals surface area contributed by atoms with Crippen LogP contribution in [-0.4, -0.2) is 31.3 Å². The fourth-order valence-corrected chi connectivity index (χ4v) is 2.48. The first-order chi connectivity index (χ1) is 9.17. The summed E-state index contributed by atoms with van der Waals surface area (Å²) in [6.45, 7) is 3.77. The highest BCUT2D eigenvalue weighted by atomic mass is 16.7. The Hall–Kier alpha value is -1.75. The smallest absolute Gasteiger partial charge is 0.240 e. The number of nitrogens with one attached hydrogen (secondary N) is 2. The highest BCUT2D eigenvalue weighted by molar-refractivity contribution is 5.86. The Labute approximate surface area is 112 Å². The molecule has 1 amide bonds. The third kappa shape index (κ3) is 2.38. The van der Waals surface area contributed by atoms with E-state index in [4.69, 9.17) is 9.47 Å². The Morgan fingerprint density at radius 2 is 2.11 bits per heavy atom. The Balaban J connectivity index is 1.67. The molecule has 102 valence electrons. The zero-order valence-corrected chi connectivity index (χ0v) is 11.0. The number of ether oxygens (including phenoxy) is 2. The number of piperazine rings is 1. The first-order valence-electron chi connectivity index (χ1n) is 6.59. The topological polar surface area (TPSA) is 59.6 Å². The molecule has 0 saturated carbocycles. The van der Waals surface area contributed by atoms with Gasteiger partial charge in [-0.05, 0) is 37.5 Å². The number of fused-ring (bicyclic) bond motifs is 1. The van der Waals surface area contributed by atoms with E-state index in [0.29, 0.717) is 13.3 Å². The Morgan fingerprint density at radius 1 is 1.26 bits per heavy atom. The summed E-state index contributed by atoms with van der Waals surface area (Å²) >= 11 is 0. The standard InChI is InChI=1S/C14H18N2O3/c1-14(13(17)15-6-7-16-14)5-4-10-2-3-11-12(8-10)19-9-18-11/h2-3,8,16H,4-7,9H2,1H3,(H,15,17). The van der Waals surface area contributed by atoms with Crippen molar-refractivity contribution in [1.82, 2.24) is 10.6 Å². The van der Waals surface area contributed by atoms with Gasteiger partial charge in [-0.15, -0.1) is 0 Å². The fraction of sp³-hybridized carbons (Fsp3) is 0.500. The number of aryl methyl sites for hydroxylation is 1. The molecular formula is C14H18N2O3. The van der Waals surface area contributed by atoms with E-state index in [-0.39, 0.29) is 5.91 Å². The van der Waals surface area contributed by atoms with Crippen LogP contribution in [0.15, 0.2) is 18.2 Å². The van der Waals surface area contributed by atoms with Crippen molar-refractivity contribution in [3.8, 4) is 11.5 Å². The van der Waals surface area contributed by atoms with Crippen molar-refractivity contribution in [3.63, 3.8) is 0 Å². The van der Waals surface area contributed by atoms with Crippen LogP contribution in [0.5, 0.6) is 11.5 Å². The molecule has 0 aromatic heterocycles. The van der Waals surface area contributed by atoms with Crippen LogP contribution < -0.4 is 20.1 Å². The van der Waals surface area contributed by atoms with Crippen LogP contribution >= 0.6 is 0 Å². The van der Waals surface area contributed by atoms with Crippen molar-refractivity contribution in [2.45, 2.75) is 25.3 Å². The molecule has 5 heteroatoms. The van der Waals surface area contributed by atoms with Crippen molar-refractivity contribution in [2.75, 3.05) is 19.9 Å². The lowest BCUT2D eigenvalue weighted by Crippen LogP contribution is -2.61. The van der Waals surface area contributed by atoms with Gasteiger partial charge in [-0.1, -0.05) is 6.07 Å². The molecule has 1 unspecified atom stereocenters. The molecule has 1 fully saturated rings. The molecule has 0 aliphatic carbocycles. The molecule has 0 spiro atoms. The van der Waals surface area contributed by atoms with Gasteiger partial charge in [0.15, 0.2) is 11.5 Å². The van der Waals surface area contributed by atoms with E-state index in [2.05, 4.69) is 10.6 Å². The van der Waals surface area contributed by atoms with Crippen LogP contribution in [0.25, 0.3) is 0 Å². The van der Waals surface area contributed by atoms with E-state index in [1.54, 1.807) is 0 Å². The average Bonchev–Trinajstić information content (AvgIpc) is 2.88. The summed E-state index contributed by atoms with van der Waals surface area (Å²) in [5.74, 6) is 1.67. The number of amides is 1. The molecule has 1 atom stereocenters. The van der Waals surface area contributed by atoms with Crippen LogP contribution in [-0.2, 0) is 11.2 Å². The SMILES string of the molecule is CC1(CCc2ccc3c(c2)OCO3)NCCNC1=O. The molecular weight excluding hydrogens is 244 g/mol. The molecule has 2 heterocycles. The summed E-state index contributed by atoms with van der Waals surface area (Å²) in [6.07, 6.45) is 1.59. The van der Waals surface area contributed by atoms with Gasteiger partial charge >= 0.3 is 0 Å². The first kappa shape index (κ1) is 12.3. The predicted molar refractivity (Wildman–Crippen MR) is 70.3 cm³/mol. The molecule has 0 bridgehead atoms.